The Balaban J connectivity index is 3.22. The van der Waals surface area contributed by atoms with Gasteiger partial charge >= 0.3 is 0 Å². The second-order valence-electron chi connectivity index (χ2n) is 2.45. The topological polar surface area (TPSA) is 15.3 Å². The van der Waals surface area contributed by atoms with Gasteiger partial charge in [-0.3, -0.25) is 5.43 Å². The van der Waals surface area contributed by atoms with Gasteiger partial charge in [-0.2, -0.15) is 0 Å². The maximum Gasteiger partial charge on any atom is 0.0184 e. The summed E-state index contributed by atoms with van der Waals surface area (Å²) in [6.07, 6.45) is 1.18. The fraction of sp³-hybridized carbons (Fsp3) is 1.00. The summed E-state index contributed by atoms with van der Waals surface area (Å²) in [5.74, 6) is 0. The van der Waals surface area contributed by atoms with Crippen molar-refractivity contribution in [1.29, 1.82) is 0 Å². The van der Waals surface area contributed by atoms with Crippen LogP contribution in [0.4, 0.5) is 0 Å². The molecule has 56 valence electrons. The molecule has 0 radical (unpaired) electrons. The third-order valence-corrected chi connectivity index (χ3v) is 1.53. The Bertz CT molecular complexity index is 55.9. The van der Waals surface area contributed by atoms with Gasteiger partial charge in [0.2, 0.25) is 0 Å². The van der Waals surface area contributed by atoms with E-state index in [-0.39, 0.29) is 0 Å². The average Bonchev–Trinajstić information content (AvgIpc) is 1.87. The molecule has 0 saturated carbocycles. The van der Waals surface area contributed by atoms with E-state index < -0.39 is 0 Å². The zero-order valence-corrected chi connectivity index (χ0v) is 6.94. The number of hydrogen-bond acceptors (Lipinski definition) is 2. The summed E-state index contributed by atoms with van der Waals surface area (Å²) < 4.78 is 0. The molecule has 0 aliphatic rings. The third kappa shape index (κ3) is 4.43. The molecule has 0 aliphatic carbocycles. The summed E-state index contributed by atoms with van der Waals surface area (Å²) >= 11 is 0. The highest BCUT2D eigenvalue weighted by Crippen LogP contribution is 1.87. The zero-order valence-electron chi connectivity index (χ0n) is 6.94. The molecule has 0 aliphatic heterocycles. The van der Waals surface area contributed by atoms with Crippen LogP contribution < -0.4 is 5.43 Å². The third-order valence-electron chi connectivity index (χ3n) is 1.53. The summed E-state index contributed by atoms with van der Waals surface area (Å²) in [5, 5.41) is 2.11. The maximum atomic E-state index is 3.31. The standard InChI is InChI=1S/C7H18N2/c1-5-7(3)8-9(4)6-2/h7-8H,5-6H2,1-4H3. The molecule has 0 heterocycles. The minimum atomic E-state index is 0.606. The summed E-state index contributed by atoms with van der Waals surface area (Å²) in [5.41, 5.74) is 3.31. The highest BCUT2D eigenvalue weighted by molar-refractivity contribution is 4.52. The quantitative estimate of drug-likeness (QED) is 0.576. The van der Waals surface area contributed by atoms with E-state index in [1.165, 1.54) is 6.42 Å². The molecule has 0 aromatic rings. The second-order valence-corrected chi connectivity index (χ2v) is 2.45. The normalized spacial score (nSPS) is 14.3. The molecule has 1 N–H and O–H groups in total. The first-order valence-corrected chi connectivity index (χ1v) is 3.68. The minimum Gasteiger partial charge on any atom is -0.253 e. The van der Waals surface area contributed by atoms with E-state index in [1.54, 1.807) is 0 Å². The average molecular weight is 130 g/mol. The van der Waals surface area contributed by atoms with Gasteiger partial charge in [-0.25, -0.2) is 5.01 Å². The lowest BCUT2D eigenvalue weighted by atomic mass is 10.3. The molecule has 9 heavy (non-hydrogen) atoms. The largest absolute Gasteiger partial charge is 0.253 e. The van der Waals surface area contributed by atoms with Gasteiger partial charge in [0.25, 0.3) is 0 Å². The van der Waals surface area contributed by atoms with Crippen LogP contribution in [0.15, 0.2) is 0 Å². The van der Waals surface area contributed by atoms with Crippen LogP contribution in [-0.4, -0.2) is 24.6 Å². The molecule has 0 aromatic carbocycles. The van der Waals surface area contributed by atoms with Gasteiger partial charge in [-0.05, 0) is 13.3 Å². The second kappa shape index (κ2) is 4.77. The first-order valence-electron chi connectivity index (χ1n) is 3.68. The van der Waals surface area contributed by atoms with Crippen LogP contribution in [0.5, 0.6) is 0 Å². The molecule has 1 atom stereocenters. The van der Waals surface area contributed by atoms with Crippen LogP contribution in [0.1, 0.15) is 27.2 Å². The van der Waals surface area contributed by atoms with Crippen LogP contribution in [0.3, 0.4) is 0 Å². The fourth-order valence-corrected chi connectivity index (χ4v) is 0.559. The fourth-order valence-electron chi connectivity index (χ4n) is 0.559. The lowest BCUT2D eigenvalue weighted by Gasteiger charge is -2.20. The van der Waals surface area contributed by atoms with Gasteiger partial charge in [0.15, 0.2) is 0 Å². The van der Waals surface area contributed by atoms with Crippen LogP contribution >= 0.6 is 0 Å². The van der Waals surface area contributed by atoms with E-state index in [2.05, 4.69) is 38.3 Å². The van der Waals surface area contributed by atoms with Gasteiger partial charge in [-0.1, -0.05) is 13.8 Å². The van der Waals surface area contributed by atoms with Gasteiger partial charge in [0.1, 0.15) is 0 Å². The molecule has 0 amide bonds. The van der Waals surface area contributed by atoms with Gasteiger partial charge in [0, 0.05) is 19.6 Å². The molecule has 0 spiro atoms. The maximum absolute atomic E-state index is 3.31. The monoisotopic (exact) mass is 130 g/mol. The van der Waals surface area contributed by atoms with Gasteiger partial charge in [0.05, 0.1) is 0 Å². The van der Waals surface area contributed by atoms with Crippen molar-refractivity contribution in [3.05, 3.63) is 0 Å². The predicted molar refractivity (Wildman–Crippen MR) is 41.2 cm³/mol. The van der Waals surface area contributed by atoms with Crippen molar-refractivity contribution >= 4 is 0 Å². The molecule has 0 rings (SSSR count). The zero-order chi connectivity index (χ0) is 7.28. The molecule has 1 unspecified atom stereocenters. The van der Waals surface area contributed by atoms with Crippen molar-refractivity contribution < 1.29 is 0 Å². The number of nitrogens with one attached hydrogen (secondary N) is 1. The van der Waals surface area contributed by atoms with Crippen molar-refractivity contribution in [3.8, 4) is 0 Å². The van der Waals surface area contributed by atoms with Crippen LogP contribution in [0.25, 0.3) is 0 Å². The van der Waals surface area contributed by atoms with E-state index in [0.717, 1.165) is 6.54 Å². The number of nitrogens with zero attached hydrogens (tertiary/aromatic N) is 1. The highest BCUT2D eigenvalue weighted by atomic mass is 15.5. The number of rotatable bonds is 4. The molecular weight excluding hydrogens is 112 g/mol. The SMILES string of the molecule is CCC(C)NN(C)CC. The number of hydrazine groups is 1. The van der Waals surface area contributed by atoms with Gasteiger partial charge in [-0.15, -0.1) is 0 Å². The van der Waals surface area contributed by atoms with Crippen molar-refractivity contribution in [1.82, 2.24) is 10.4 Å². The van der Waals surface area contributed by atoms with Crippen LogP contribution in [0, 0.1) is 0 Å². The Kier molecular flexibility index (Phi) is 4.72. The number of hydrogen-bond donors (Lipinski definition) is 1. The lowest BCUT2D eigenvalue weighted by Crippen LogP contribution is -2.40. The van der Waals surface area contributed by atoms with E-state index >= 15 is 0 Å². The molecule has 0 fully saturated rings. The molecule has 0 aromatic heterocycles. The van der Waals surface area contributed by atoms with Crippen molar-refractivity contribution in [2.75, 3.05) is 13.6 Å². The molecule has 2 nitrogen and oxygen atoms in total. The van der Waals surface area contributed by atoms with Crippen molar-refractivity contribution in [2.45, 2.75) is 33.2 Å². The van der Waals surface area contributed by atoms with E-state index in [0.29, 0.717) is 6.04 Å². The molecular formula is C7H18N2. The van der Waals surface area contributed by atoms with Crippen molar-refractivity contribution in [2.24, 2.45) is 0 Å². The van der Waals surface area contributed by atoms with Gasteiger partial charge < -0.3 is 0 Å². The minimum absolute atomic E-state index is 0.606. The van der Waals surface area contributed by atoms with Crippen molar-refractivity contribution in [3.63, 3.8) is 0 Å². The summed E-state index contributed by atoms with van der Waals surface area (Å²) in [4.78, 5) is 0. The van der Waals surface area contributed by atoms with E-state index in [9.17, 15) is 0 Å². The Hall–Kier alpha value is -0.0800. The smallest absolute Gasteiger partial charge is 0.0184 e. The van der Waals surface area contributed by atoms with Crippen LogP contribution in [-0.2, 0) is 0 Å². The Morgan fingerprint density at radius 2 is 2.00 bits per heavy atom. The molecule has 2 heteroatoms. The Morgan fingerprint density at radius 3 is 2.33 bits per heavy atom. The lowest BCUT2D eigenvalue weighted by molar-refractivity contribution is 0.212. The molecule has 0 bridgehead atoms. The predicted octanol–water partition coefficient (Wildman–Crippen LogP) is 1.24. The van der Waals surface area contributed by atoms with E-state index in [1.807, 2.05) is 0 Å². The first-order chi connectivity index (χ1) is 4.20. The summed E-state index contributed by atoms with van der Waals surface area (Å²) in [7, 11) is 2.06. The van der Waals surface area contributed by atoms with E-state index in [4.69, 9.17) is 0 Å². The summed E-state index contributed by atoms with van der Waals surface area (Å²) in [6.45, 7) is 7.56. The Labute approximate surface area is 58.2 Å². The highest BCUT2D eigenvalue weighted by Gasteiger charge is 1.98. The molecule has 0 saturated heterocycles. The summed E-state index contributed by atoms with van der Waals surface area (Å²) in [6, 6.07) is 0.606. The first kappa shape index (κ1) is 8.92. The Morgan fingerprint density at radius 1 is 1.44 bits per heavy atom. The van der Waals surface area contributed by atoms with Crippen LogP contribution in [0.2, 0.25) is 0 Å².